The van der Waals surface area contributed by atoms with Crippen molar-refractivity contribution in [2.45, 2.75) is 44.6 Å². The Balaban J connectivity index is 0.00000162. The van der Waals surface area contributed by atoms with Crippen LogP contribution < -0.4 is 16.4 Å². The predicted octanol–water partition coefficient (Wildman–Crippen LogP) is 0.977. The van der Waals surface area contributed by atoms with Gasteiger partial charge in [0.2, 0.25) is 5.91 Å². The maximum Gasteiger partial charge on any atom is 0.223 e. The van der Waals surface area contributed by atoms with Gasteiger partial charge in [0.1, 0.15) is 0 Å². The Morgan fingerprint density at radius 1 is 1.22 bits per heavy atom. The van der Waals surface area contributed by atoms with E-state index in [1.165, 1.54) is 25.7 Å². The summed E-state index contributed by atoms with van der Waals surface area (Å²) in [6.45, 7) is 1.15. The molecule has 2 aliphatic rings. The number of hydrogen-bond acceptors (Lipinski definition) is 2. The van der Waals surface area contributed by atoms with Crippen molar-refractivity contribution in [1.82, 2.24) is 10.6 Å². The number of halogens is 1. The molecule has 0 aromatic rings. The molecule has 0 saturated heterocycles. The van der Waals surface area contributed by atoms with E-state index in [9.17, 15) is 4.79 Å². The summed E-state index contributed by atoms with van der Waals surface area (Å²) >= 11 is 0. The van der Waals surface area contributed by atoms with E-state index in [-0.39, 0.29) is 35.8 Å². The van der Waals surface area contributed by atoms with Crippen LogP contribution in [0.4, 0.5) is 0 Å². The number of guanidine groups is 1. The fourth-order valence-electron chi connectivity index (χ4n) is 2.17. The lowest BCUT2D eigenvalue weighted by molar-refractivity contribution is -0.122. The number of amides is 1. The quantitative estimate of drug-likeness (QED) is 0.294. The molecule has 6 heteroatoms. The number of rotatable bonds is 5. The van der Waals surface area contributed by atoms with Crippen molar-refractivity contribution >= 4 is 35.8 Å². The second-order valence-electron chi connectivity index (χ2n) is 4.96. The second kappa shape index (κ2) is 7.81. The molecule has 0 aromatic heterocycles. The molecule has 0 heterocycles. The van der Waals surface area contributed by atoms with Crippen molar-refractivity contribution in [2.75, 3.05) is 13.1 Å². The summed E-state index contributed by atoms with van der Waals surface area (Å²) in [4.78, 5) is 15.5. The molecule has 0 unspecified atom stereocenters. The molecule has 104 valence electrons. The zero-order valence-electron chi connectivity index (χ0n) is 10.7. The third-order valence-corrected chi connectivity index (χ3v) is 3.35. The van der Waals surface area contributed by atoms with Crippen LogP contribution in [-0.2, 0) is 4.79 Å². The van der Waals surface area contributed by atoms with Crippen molar-refractivity contribution in [3.8, 4) is 0 Å². The number of aliphatic imine (C=N–C) groups is 1. The van der Waals surface area contributed by atoms with Crippen LogP contribution in [0, 0.1) is 5.92 Å². The molecule has 2 aliphatic carbocycles. The van der Waals surface area contributed by atoms with E-state index in [1.807, 2.05) is 0 Å². The zero-order chi connectivity index (χ0) is 12.1. The Morgan fingerprint density at radius 3 is 2.50 bits per heavy atom. The fourth-order valence-corrected chi connectivity index (χ4v) is 2.17. The van der Waals surface area contributed by atoms with E-state index in [1.54, 1.807) is 0 Å². The van der Waals surface area contributed by atoms with Crippen LogP contribution in [0.2, 0.25) is 0 Å². The molecule has 5 nitrogen and oxygen atoms in total. The summed E-state index contributed by atoms with van der Waals surface area (Å²) in [5.74, 6) is 0.952. The van der Waals surface area contributed by atoms with Crippen LogP contribution in [0.5, 0.6) is 0 Å². The maximum absolute atomic E-state index is 11.3. The molecule has 0 atom stereocenters. The SMILES string of the molecule is I.NC(=NCCNC(=O)C1CC1)NC1CCCC1. The maximum atomic E-state index is 11.3. The smallest absolute Gasteiger partial charge is 0.223 e. The van der Waals surface area contributed by atoms with Crippen LogP contribution in [0.1, 0.15) is 38.5 Å². The average Bonchev–Trinajstić information content (AvgIpc) is 3.04. The number of nitrogens with zero attached hydrogens (tertiary/aromatic N) is 1. The Kier molecular flexibility index (Phi) is 6.73. The standard InChI is InChI=1S/C12H22N4O.HI/c13-12(16-10-3-1-2-4-10)15-8-7-14-11(17)9-5-6-9;/h9-10H,1-8H2,(H,14,17)(H3,13,15,16);1H. The molecule has 0 spiro atoms. The highest BCUT2D eigenvalue weighted by Gasteiger charge is 2.28. The van der Waals surface area contributed by atoms with Gasteiger partial charge in [0.05, 0.1) is 6.54 Å². The Hall–Kier alpha value is -0.530. The molecule has 18 heavy (non-hydrogen) atoms. The van der Waals surface area contributed by atoms with Crippen molar-refractivity contribution in [3.05, 3.63) is 0 Å². The van der Waals surface area contributed by atoms with E-state index in [4.69, 9.17) is 5.73 Å². The first-order chi connectivity index (χ1) is 8.25. The van der Waals surface area contributed by atoms with Gasteiger partial charge in [0.25, 0.3) is 0 Å². The molecular formula is C12H23IN4O. The molecule has 2 saturated carbocycles. The molecule has 0 aromatic carbocycles. The van der Waals surface area contributed by atoms with Gasteiger partial charge < -0.3 is 16.4 Å². The van der Waals surface area contributed by atoms with Gasteiger partial charge in [-0.05, 0) is 25.7 Å². The van der Waals surface area contributed by atoms with Crippen molar-refractivity contribution in [3.63, 3.8) is 0 Å². The Bertz CT molecular complexity index is 298. The van der Waals surface area contributed by atoms with Gasteiger partial charge in [0, 0.05) is 18.5 Å². The number of hydrogen-bond donors (Lipinski definition) is 3. The van der Waals surface area contributed by atoms with Gasteiger partial charge in [-0.15, -0.1) is 24.0 Å². The highest BCUT2D eigenvalue weighted by atomic mass is 127. The molecule has 2 fully saturated rings. The number of nitrogens with two attached hydrogens (primary N) is 1. The summed E-state index contributed by atoms with van der Waals surface area (Å²) in [7, 11) is 0. The zero-order valence-corrected chi connectivity index (χ0v) is 13.0. The molecule has 0 aliphatic heterocycles. The predicted molar refractivity (Wildman–Crippen MR) is 83.0 cm³/mol. The van der Waals surface area contributed by atoms with Crippen LogP contribution in [0.25, 0.3) is 0 Å². The number of carbonyl (C=O) groups is 1. The van der Waals surface area contributed by atoms with Gasteiger partial charge in [0.15, 0.2) is 5.96 Å². The van der Waals surface area contributed by atoms with E-state index >= 15 is 0 Å². The minimum Gasteiger partial charge on any atom is -0.370 e. The van der Waals surface area contributed by atoms with Crippen molar-refractivity contribution in [1.29, 1.82) is 0 Å². The summed E-state index contributed by atoms with van der Waals surface area (Å²) in [5, 5.41) is 6.08. The van der Waals surface area contributed by atoms with Crippen LogP contribution in [0.3, 0.4) is 0 Å². The topological polar surface area (TPSA) is 79.5 Å². The summed E-state index contributed by atoms with van der Waals surface area (Å²) in [6, 6.07) is 0.500. The van der Waals surface area contributed by atoms with Crippen LogP contribution >= 0.6 is 24.0 Å². The Morgan fingerprint density at radius 2 is 1.89 bits per heavy atom. The van der Waals surface area contributed by atoms with Gasteiger partial charge in [-0.25, -0.2) is 0 Å². The monoisotopic (exact) mass is 366 g/mol. The average molecular weight is 366 g/mol. The normalized spacial score (nSPS) is 20.3. The molecule has 4 N–H and O–H groups in total. The largest absolute Gasteiger partial charge is 0.370 e. The summed E-state index contributed by atoms with van der Waals surface area (Å²) in [6.07, 6.45) is 7.02. The van der Waals surface area contributed by atoms with Gasteiger partial charge in [-0.3, -0.25) is 9.79 Å². The molecular weight excluding hydrogens is 343 g/mol. The van der Waals surface area contributed by atoms with E-state index in [2.05, 4.69) is 15.6 Å². The first kappa shape index (κ1) is 15.5. The van der Waals surface area contributed by atoms with Gasteiger partial charge >= 0.3 is 0 Å². The minimum absolute atomic E-state index is 0. The van der Waals surface area contributed by atoms with E-state index in [0.29, 0.717) is 25.1 Å². The lowest BCUT2D eigenvalue weighted by Gasteiger charge is -2.12. The fraction of sp³-hybridized carbons (Fsp3) is 0.833. The van der Waals surface area contributed by atoms with Gasteiger partial charge in [-0.1, -0.05) is 12.8 Å². The number of carbonyl (C=O) groups excluding carboxylic acids is 1. The lowest BCUT2D eigenvalue weighted by Crippen LogP contribution is -2.39. The molecule has 0 bridgehead atoms. The summed E-state index contributed by atoms with van der Waals surface area (Å²) < 4.78 is 0. The van der Waals surface area contributed by atoms with Crippen molar-refractivity contribution < 1.29 is 4.79 Å². The van der Waals surface area contributed by atoms with Crippen molar-refractivity contribution in [2.24, 2.45) is 16.6 Å². The third kappa shape index (κ3) is 5.41. The first-order valence-electron chi connectivity index (χ1n) is 6.60. The highest BCUT2D eigenvalue weighted by Crippen LogP contribution is 2.28. The Labute approximate surface area is 125 Å². The molecule has 2 rings (SSSR count). The van der Waals surface area contributed by atoms with Gasteiger partial charge in [-0.2, -0.15) is 0 Å². The number of nitrogens with one attached hydrogen (secondary N) is 2. The van der Waals surface area contributed by atoms with Crippen LogP contribution in [0.15, 0.2) is 4.99 Å². The lowest BCUT2D eigenvalue weighted by atomic mass is 10.2. The van der Waals surface area contributed by atoms with E-state index in [0.717, 1.165) is 12.8 Å². The van der Waals surface area contributed by atoms with E-state index < -0.39 is 0 Å². The second-order valence-corrected chi connectivity index (χ2v) is 4.96. The highest BCUT2D eigenvalue weighted by molar-refractivity contribution is 14.0. The minimum atomic E-state index is 0. The molecule has 0 radical (unpaired) electrons. The molecule has 1 amide bonds. The summed E-state index contributed by atoms with van der Waals surface area (Å²) in [5.41, 5.74) is 5.77. The third-order valence-electron chi connectivity index (χ3n) is 3.35. The van der Waals surface area contributed by atoms with Crippen LogP contribution in [-0.4, -0.2) is 31.0 Å². The first-order valence-corrected chi connectivity index (χ1v) is 6.60.